The van der Waals surface area contributed by atoms with Gasteiger partial charge in [-0.3, -0.25) is 4.79 Å². The summed E-state index contributed by atoms with van der Waals surface area (Å²) in [5, 5.41) is 0. The first-order chi connectivity index (χ1) is 7.61. The summed E-state index contributed by atoms with van der Waals surface area (Å²) in [7, 11) is 0. The minimum absolute atomic E-state index is 0.231. The van der Waals surface area contributed by atoms with E-state index in [1.54, 1.807) is 6.07 Å². The molecule has 1 aromatic rings. The van der Waals surface area contributed by atoms with E-state index in [-0.39, 0.29) is 17.7 Å². The van der Waals surface area contributed by atoms with E-state index >= 15 is 0 Å². The molecular formula is C11H9Br2FO2. The molecule has 1 saturated heterocycles. The van der Waals surface area contributed by atoms with Gasteiger partial charge in [-0.15, -0.1) is 0 Å². The van der Waals surface area contributed by atoms with Gasteiger partial charge in [0.15, 0.2) is 0 Å². The van der Waals surface area contributed by atoms with Crippen molar-refractivity contribution in [3.05, 3.63) is 32.5 Å². The maximum absolute atomic E-state index is 13.2. The fourth-order valence-electron chi connectivity index (χ4n) is 1.77. The summed E-state index contributed by atoms with van der Waals surface area (Å²) in [6, 6.07) is 2.98. The van der Waals surface area contributed by atoms with Gasteiger partial charge in [-0.1, -0.05) is 6.07 Å². The second kappa shape index (κ2) is 4.84. The number of halogens is 3. The Morgan fingerprint density at radius 3 is 2.75 bits per heavy atom. The largest absolute Gasteiger partial charge is 0.465 e. The van der Waals surface area contributed by atoms with Gasteiger partial charge in [-0.2, -0.15) is 0 Å². The first-order valence-corrected chi connectivity index (χ1v) is 6.50. The zero-order valence-electron chi connectivity index (χ0n) is 8.30. The molecule has 1 fully saturated rings. The number of hydrogen-bond acceptors (Lipinski definition) is 2. The fourth-order valence-corrected chi connectivity index (χ4v) is 2.73. The molecule has 2 rings (SSSR count). The van der Waals surface area contributed by atoms with Crippen molar-refractivity contribution < 1.29 is 13.9 Å². The second-order valence-corrected chi connectivity index (χ2v) is 5.21. The van der Waals surface area contributed by atoms with Crippen molar-refractivity contribution in [2.24, 2.45) is 0 Å². The van der Waals surface area contributed by atoms with Crippen molar-refractivity contribution in [3.63, 3.8) is 0 Å². The average molecular weight is 352 g/mol. The molecule has 1 aliphatic heterocycles. The topological polar surface area (TPSA) is 26.3 Å². The summed E-state index contributed by atoms with van der Waals surface area (Å²) in [5.41, 5.74) is 0.776. The van der Waals surface area contributed by atoms with Gasteiger partial charge >= 0.3 is 5.97 Å². The van der Waals surface area contributed by atoms with Gasteiger partial charge in [0.1, 0.15) is 5.82 Å². The first kappa shape index (κ1) is 12.0. The number of benzene rings is 1. The van der Waals surface area contributed by atoms with Crippen LogP contribution in [0.5, 0.6) is 0 Å². The van der Waals surface area contributed by atoms with Crippen LogP contribution in [0.4, 0.5) is 4.39 Å². The smallest absolute Gasteiger partial charge is 0.313 e. The number of carbonyl (C=O) groups excluding carboxylic acids is 1. The van der Waals surface area contributed by atoms with Gasteiger partial charge in [-0.25, -0.2) is 4.39 Å². The number of rotatable bonds is 1. The third-order valence-corrected chi connectivity index (χ3v) is 4.77. The monoisotopic (exact) mass is 350 g/mol. The van der Waals surface area contributed by atoms with Crippen molar-refractivity contribution in [1.82, 2.24) is 0 Å². The summed E-state index contributed by atoms with van der Waals surface area (Å²) < 4.78 is 19.2. The molecule has 0 saturated carbocycles. The maximum atomic E-state index is 13.2. The van der Waals surface area contributed by atoms with Crippen molar-refractivity contribution >= 4 is 37.8 Å². The van der Waals surface area contributed by atoms with E-state index in [1.807, 2.05) is 0 Å². The molecule has 0 amide bonds. The van der Waals surface area contributed by atoms with Crippen LogP contribution in [0.25, 0.3) is 0 Å². The number of cyclic esters (lactones) is 1. The Morgan fingerprint density at radius 1 is 1.31 bits per heavy atom. The van der Waals surface area contributed by atoms with E-state index in [0.717, 1.165) is 18.4 Å². The lowest BCUT2D eigenvalue weighted by Gasteiger charge is -2.22. The lowest BCUT2D eigenvalue weighted by Crippen LogP contribution is -2.22. The molecule has 0 spiro atoms. The minimum atomic E-state index is -0.347. The van der Waals surface area contributed by atoms with E-state index in [9.17, 15) is 9.18 Å². The lowest BCUT2D eigenvalue weighted by atomic mass is 9.93. The summed E-state index contributed by atoms with van der Waals surface area (Å²) in [4.78, 5) is 11.6. The Balaban J connectivity index is 2.40. The van der Waals surface area contributed by atoms with E-state index < -0.39 is 0 Å². The summed E-state index contributed by atoms with van der Waals surface area (Å²) >= 11 is 6.44. The molecule has 16 heavy (non-hydrogen) atoms. The Bertz CT molecular complexity index is 434. The highest BCUT2D eigenvalue weighted by Crippen LogP contribution is 2.37. The molecule has 0 bridgehead atoms. The lowest BCUT2D eigenvalue weighted by molar-refractivity contribution is -0.149. The molecular weight excluding hydrogens is 343 g/mol. The molecule has 1 atom stereocenters. The fraction of sp³-hybridized carbons (Fsp3) is 0.364. The summed E-state index contributed by atoms with van der Waals surface area (Å²) in [5.74, 6) is -0.870. The molecule has 86 valence electrons. The van der Waals surface area contributed by atoms with Gasteiger partial charge < -0.3 is 4.74 Å². The van der Waals surface area contributed by atoms with Gasteiger partial charge in [-0.05, 0) is 56.3 Å². The molecule has 0 radical (unpaired) electrons. The molecule has 2 nitrogen and oxygen atoms in total. The van der Waals surface area contributed by atoms with Gasteiger partial charge in [0, 0.05) is 4.47 Å². The van der Waals surface area contributed by atoms with Crippen LogP contribution in [-0.2, 0) is 9.53 Å². The Labute approximate surface area is 109 Å². The number of carbonyl (C=O) groups is 1. The zero-order chi connectivity index (χ0) is 11.7. The molecule has 0 N–H and O–H groups in total. The third kappa shape index (κ3) is 2.15. The van der Waals surface area contributed by atoms with Gasteiger partial charge in [0.2, 0.25) is 0 Å². The molecule has 1 heterocycles. The highest BCUT2D eigenvalue weighted by atomic mass is 79.9. The van der Waals surface area contributed by atoms with Gasteiger partial charge in [0.25, 0.3) is 0 Å². The summed E-state index contributed by atoms with van der Waals surface area (Å²) in [6.07, 6.45) is 1.59. The quantitative estimate of drug-likeness (QED) is 0.568. The normalized spacial score (nSPS) is 20.7. The van der Waals surface area contributed by atoms with Crippen LogP contribution in [0.15, 0.2) is 21.1 Å². The zero-order valence-corrected chi connectivity index (χ0v) is 11.5. The average Bonchev–Trinajstić information content (AvgIpc) is 2.28. The summed E-state index contributed by atoms with van der Waals surface area (Å²) in [6.45, 7) is 0.481. The van der Waals surface area contributed by atoms with Crippen LogP contribution in [-0.4, -0.2) is 12.6 Å². The van der Waals surface area contributed by atoms with Crippen LogP contribution in [0.1, 0.15) is 24.3 Å². The maximum Gasteiger partial charge on any atom is 0.313 e. The minimum Gasteiger partial charge on any atom is -0.465 e. The molecule has 1 unspecified atom stereocenters. The van der Waals surface area contributed by atoms with Crippen molar-refractivity contribution in [2.45, 2.75) is 18.8 Å². The predicted octanol–water partition coefficient (Wildman–Crippen LogP) is 3.77. The predicted molar refractivity (Wildman–Crippen MR) is 64.7 cm³/mol. The highest BCUT2D eigenvalue weighted by Gasteiger charge is 2.28. The SMILES string of the molecule is O=C1OCCCC1c1ccc(F)c(Br)c1Br. The van der Waals surface area contributed by atoms with Crippen LogP contribution in [0.2, 0.25) is 0 Å². The molecule has 0 aliphatic carbocycles. The molecule has 1 aliphatic rings. The van der Waals surface area contributed by atoms with E-state index in [1.165, 1.54) is 6.07 Å². The van der Waals surface area contributed by atoms with E-state index in [0.29, 0.717) is 15.6 Å². The second-order valence-electron chi connectivity index (χ2n) is 3.63. The van der Waals surface area contributed by atoms with Crippen molar-refractivity contribution in [2.75, 3.05) is 6.61 Å². The molecule has 0 aromatic heterocycles. The van der Waals surface area contributed by atoms with E-state index in [4.69, 9.17) is 4.74 Å². The third-order valence-electron chi connectivity index (χ3n) is 2.61. The molecule has 1 aromatic carbocycles. The van der Waals surface area contributed by atoms with Gasteiger partial charge in [0.05, 0.1) is 17.0 Å². The first-order valence-electron chi connectivity index (χ1n) is 4.91. The van der Waals surface area contributed by atoms with Crippen molar-refractivity contribution in [3.8, 4) is 0 Å². The van der Waals surface area contributed by atoms with Crippen LogP contribution in [0.3, 0.4) is 0 Å². The number of ether oxygens (including phenoxy) is 1. The van der Waals surface area contributed by atoms with Crippen molar-refractivity contribution in [1.29, 1.82) is 0 Å². The standard InChI is InChI=1S/C11H9Br2FO2/c12-9-6(3-4-8(14)10(9)13)7-2-1-5-16-11(7)15/h3-4,7H,1-2,5H2. The Morgan fingerprint density at radius 2 is 2.06 bits per heavy atom. The van der Waals surface area contributed by atoms with Crippen LogP contribution < -0.4 is 0 Å². The Hall–Kier alpha value is -0.420. The highest BCUT2D eigenvalue weighted by molar-refractivity contribution is 9.13. The van der Waals surface area contributed by atoms with E-state index in [2.05, 4.69) is 31.9 Å². The Kier molecular flexibility index (Phi) is 3.64. The number of hydrogen-bond donors (Lipinski definition) is 0. The van der Waals surface area contributed by atoms with Crippen LogP contribution in [0, 0.1) is 5.82 Å². The molecule has 5 heteroatoms. The van der Waals surface area contributed by atoms with Crippen LogP contribution >= 0.6 is 31.9 Å². The number of esters is 1.